The van der Waals surface area contributed by atoms with Crippen molar-refractivity contribution < 1.29 is 0 Å². The Labute approximate surface area is 105 Å². The molecule has 4 nitrogen and oxygen atoms in total. The Morgan fingerprint density at radius 2 is 2.07 bits per heavy atom. The number of piperazine rings is 1. The smallest absolute Gasteiger partial charge is 0.145 e. The molecule has 0 radical (unpaired) electrons. The Kier molecular flexibility index (Phi) is 5.42. The molecule has 0 aliphatic carbocycles. The molecule has 1 aliphatic rings. The Morgan fingerprint density at radius 1 is 1.36 bits per heavy atom. The van der Waals surface area contributed by atoms with E-state index in [2.05, 4.69) is 41.3 Å². The molecule has 8 heteroatoms. The molecule has 1 atom stereocenters. The summed E-state index contributed by atoms with van der Waals surface area (Å²) in [6.45, 7) is 2.51. The van der Waals surface area contributed by atoms with Gasteiger partial charge in [-0.2, -0.15) is 5.01 Å². The van der Waals surface area contributed by atoms with Crippen molar-refractivity contribution in [3.63, 3.8) is 0 Å². The molecule has 0 aromatic heterocycles. The summed E-state index contributed by atoms with van der Waals surface area (Å²) in [4.78, 5) is 0. The van der Waals surface area contributed by atoms with E-state index in [0.29, 0.717) is 8.64 Å². The summed E-state index contributed by atoms with van der Waals surface area (Å²) in [6, 6.07) is 0. The maximum absolute atomic E-state index is 4.86. The zero-order valence-corrected chi connectivity index (χ0v) is 10.8. The van der Waals surface area contributed by atoms with E-state index in [-0.39, 0.29) is 6.17 Å². The maximum Gasteiger partial charge on any atom is 0.145 e. The Hall–Kier alpha value is 0.400. The van der Waals surface area contributed by atoms with Crippen LogP contribution in [-0.2, 0) is 0 Å². The molecule has 0 bridgehead atoms. The molecule has 14 heavy (non-hydrogen) atoms. The third-order valence-electron chi connectivity index (χ3n) is 1.77. The third-order valence-corrected chi connectivity index (χ3v) is 2.21. The average Bonchev–Trinajstić information content (AvgIpc) is 2.06. The first kappa shape index (κ1) is 12.5. The van der Waals surface area contributed by atoms with Gasteiger partial charge < -0.3 is 16.1 Å². The number of hydrogen-bond acceptors (Lipinski definition) is 4. The highest BCUT2D eigenvalue weighted by atomic mass is 32.1. The fraction of sp³-hybridized carbons (Fsp3) is 0.667. The summed E-state index contributed by atoms with van der Waals surface area (Å²) in [5.74, 6) is 0. The Morgan fingerprint density at radius 3 is 2.64 bits per heavy atom. The van der Waals surface area contributed by atoms with Gasteiger partial charge in [0.1, 0.15) is 14.8 Å². The summed E-state index contributed by atoms with van der Waals surface area (Å²) < 4.78 is 0.916. The first-order valence-electron chi connectivity index (χ1n) is 4.06. The second-order valence-corrected chi connectivity index (χ2v) is 5.10. The highest BCUT2D eigenvalue weighted by Crippen LogP contribution is 1.98. The summed E-state index contributed by atoms with van der Waals surface area (Å²) >= 11 is 17.8. The number of hydrogen-bond donors (Lipinski definition) is 5. The molecule has 1 fully saturated rings. The van der Waals surface area contributed by atoms with Crippen molar-refractivity contribution in [1.29, 1.82) is 0 Å². The van der Waals surface area contributed by atoms with Crippen LogP contribution in [0.25, 0.3) is 0 Å². The van der Waals surface area contributed by atoms with Gasteiger partial charge in [0.15, 0.2) is 0 Å². The summed E-state index contributed by atoms with van der Waals surface area (Å²) in [5, 5.41) is 8.23. The minimum absolute atomic E-state index is 0.0545. The fourth-order valence-electron chi connectivity index (χ4n) is 1.23. The van der Waals surface area contributed by atoms with Crippen molar-refractivity contribution >= 4 is 58.3 Å². The van der Waals surface area contributed by atoms with Crippen LogP contribution in [0.4, 0.5) is 0 Å². The zero-order valence-electron chi connectivity index (χ0n) is 7.36. The van der Waals surface area contributed by atoms with Gasteiger partial charge in [-0.05, 0) is 0 Å². The van der Waals surface area contributed by atoms with Crippen molar-refractivity contribution in [2.45, 2.75) is 6.17 Å². The third kappa shape index (κ3) is 4.28. The van der Waals surface area contributed by atoms with Gasteiger partial charge in [-0.3, -0.25) is 0 Å². The van der Waals surface area contributed by atoms with Crippen LogP contribution in [-0.4, -0.2) is 39.5 Å². The molecule has 80 valence electrons. The topological polar surface area (TPSA) is 39.3 Å². The van der Waals surface area contributed by atoms with Gasteiger partial charge in [-0.25, -0.2) is 0 Å². The number of nitrogens with one attached hydrogen (secondary N) is 3. The van der Waals surface area contributed by atoms with E-state index in [9.17, 15) is 0 Å². The number of hydrazine groups is 1. The van der Waals surface area contributed by atoms with Crippen LogP contribution in [0, 0.1) is 0 Å². The van der Waals surface area contributed by atoms with E-state index in [4.69, 9.17) is 24.4 Å². The zero-order chi connectivity index (χ0) is 10.6. The van der Waals surface area contributed by atoms with Gasteiger partial charge in [0, 0.05) is 19.6 Å². The van der Waals surface area contributed by atoms with Crippen LogP contribution < -0.4 is 16.1 Å². The van der Waals surface area contributed by atoms with E-state index >= 15 is 0 Å². The molecule has 0 saturated carbocycles. The highest BCUT2D eigenvalue weighted by Gasteiger charge is 2.22. The largest absolute Gasteiger partial charge is 0.353 e. The van der Waals surface area contributed by atoms with Crippen LogP contribution in [0.15, 0.2) is 0 Å². The van der Waals surface area contributed by atoms with E-state index in [1.165, 1.54) is 0 Å². The second kappa shape index (κ2) is 6.09. The normalized spacial score (nSPS) is 22.9. The fourth-order valence-corrected chi connectivity index (χ4v) is 1.76. The first-order valence-corrected chi connectivity index (χ1v) is 5.77. The van der Waals surface area contributed by atoms with Gasteiger partial charge in [0.05, 0.1) is 0 Å². The summed E-state index contributed by atoms with van der Waals surface area (Å²) in [5.41, 5.74) is 2.97. The summed E-state index contributed by atoms with van der Waals surface area (Å²) in [6.07, 6.45) is 0.0545. The molecule has 3 N–H and O–H groups in total. The predicted octanol–water partition coefficient (Wildman–Crippen LogP) is -0.259. The van der Waals surface area contributed by atoms with Gasteiger partial charge in [0.25, 0.3) is 0 Å². The molecule has 1 heterocycles. The molecule has 1 rings (SSSR count). The van der Waals surface area contributed by atoms with Gasteiger partial charge in [-0.15, -0.1) is 25.3 Å². The Bertz CT molecular complexity index is 210. The lowest BCUT2D eigenvalue weighted by atomic mass is 10.3. The predicted molar refractivity (Wildman–Crippen MR) is 72.8 cm³/mol. The standard InChI is InChI=1S/C6H12N4S4/c11-5(12)8-4-3-7-1-2-10(4)9-6(13)14/h4,7H,1-3H2,(H2,8,11,12)(H2,9,13,14). The molecular formula is C6H12N4S4. The molecule has 1 aliphatic heterocycles. The minimum atomic E-state index is 0.0545. The van der Waals surface area contributed by atoms with Crippen molar-refractivity contribution in [2.75, 3.05) is 19.6 Å². The quantitative estimate of drug-likeness (QED) is 0.351. The van der Waals surface area contributed by atoms with Crippen LogP contribution >= 0.6 is 49.7 Å². The van der Waals surface area contributed by atoms with E-state index < -0.39 is 0 Å². The maximum atomic E-state index is 4.86. The van der Waals surface area contributed by atoms with E-state index in [1.807, 2.05) is 5.01 Å². The number of nitrogens with zero attached hydrogens (tertiary/aromatic N) is 1. The van der Waals surface area contributed by atoms with E-state index in [0.717, 1.165) is 19.6 Å². The first-order chi connectivity index (χ1) is 6.59. The lowest BCUT2D eigenvalue weighted by molar-refractivity contribution is 0.123. The van der Waals surface area contributed by atoms with Crippen LogP contribution in [0.1, 0.15) is 0 Å². The van der Waals surface area contributed by atoms with E-state index in [1.54, 1.807) is 0 Å². The minimum Gasteiger partial charge on any atom is -0.353 e. The number of thiol groups is 2. The van der Waals surface area contributed by atoms with Crippen molar-refractivity contribution in [1.82, 2.24) is 21.1 Å². The van der Waals surface area contributed by atoms with Crippen LogP contribution in [0.3, 0.4) is 0 Å². The van der Waals surface area contributed by atoms with Crippen molar-refractivity contribution in [3.05, 3.63) is 0 Å². The molecule has 1 saturated heterocycles. The van der Waals surface area contributed by atoms with Gasteiger partial charge in [-0.1, -0.05) is 24.4 Å². The molecule has 0 amide bonds. The molecule has 1 unspecified atom stereocenters. The molecule has 0 aromatic carbocycles. The van der Waals surface area contributed by atoms with Gasteiger partial charge >= 0.3 is 0 Å². The second-order valence-electron chi connectivity index (χ2n) is 2.78. The highest BCUT2D eigenvalue weighted by molar-refractivity contribution is 8.11. The molecule has 0 aromatic rings. The average molecular weight is 268 g/mol. The molecular weight excluding hydrogens is 256 g/mol. The Balaban J connectivity index is 2.49. The van der Waals surface area contributed by atoms with Crippen molar-refractivity contribution in [3.8, 4) is 0 Å². The molecule has 0 spiro atoms. The lowest BCUT2D eigenvalue weighted by Gasteiger charge is -2.36. The number of thiocarbonyl (C=S) groups is 2. The monoisotopic (exact) mass is 268 g/mol. The van der Waals surface area contributed by atoms with Crippen molar-refractivity contribution in [2.24, 2.45) is 0 Å². The van der Waals surface area contributed by atoms with Crippen LogP contribution in [0.5, 0.6) is 0 Å². The van der Waals surface area contributed by atoms with Crippen LogP contribution in [0.2, 0.25) is 0 Å². The SMILES string of the molecule is S=C(S)NC1CNCCN1NC(=S)S. The number of rotatable bonds is 2. The van der Waals surface area contributed by atoms with Gasteiger partial charge in [0.2, 0.25) is 0 Å². The lowest BCUT2D eigenvalue weighted by Crippen LogP contribution is -2.63. The summed E-state index contributed by atoms with van der Waals surface area (Å²) in [7, 11) is 0.